The molecule has 8 heteroatoms. The van der Waals surface area contributed by atoms with E-state index in [2.05, 4.69) is 4.18 Å². The van der Waals surface area contributed by atoms with E-state index in [-0.39, 0.29) is 56.9 Å². The van der Waals surface area contributed by atoms with Gasteiger partial charge in [-0.1, -0.05) is 0 Å². The van der Waals surface area contributed by atoms with Crippen molar-refractivity contribution in [3.8, 4) is 0 Å². The van der Waals surface area contributed by atoms with Crippen molar-refractivity contribution in [3.63, 3.8) is 0 Å². The van der Waals surface area contributed by atoms with Crippen LogP contribution in [0.3, 0.4) is 0 Å². The molecule has 0 spiro atoms. The molecule has 0 heterocycles. The third-order valence-corrected chi connectivity index (χ3v) is 0.788. The first-order valence-electron chi connectivity index (χ1n) is 1.79. The number of hydrogen-bond acceptors (Lipinski definition) is 4. The van der Waals surface area contributed by atoms with Gasteiger partial charge in [-0.3, -0.25) is 4.55 Å². The molecule has 6 nitrogen and oxygen atoms in total. The predicted octanol–water partition coefficient (Wildman–Crippen LogP) is -2.68. The van der Waals surface area contributed by atoms with Crippen molar-refractivity contribution in [2.75, 3.05) is 13.2 Å². The van der Waals surface area contributed by atoms with Gasteiger partial charge in [0.1, 0.15) is 0 Å². The van der Waals surface area contributed by atoms with Crippen molar-refractivity contribution in [2.24, 2.45) is 0 Å². The zero-order valence-electron chi connectivity index (χ0n) is 4.44. The first kappa shape index (κ1) is 17.5. The van der Waals surface area contributed by atoms with E-state index in [4.69, 9.17) is 9.66 Å². The Morgan fingerprint density at radius 1 is 1.40 bits per heavy atom. The van der Waals surface area contributed by atoms with Gasteiger partial charge in [0.15, 0.2) is 0 Å². The molecule has 4 N–H and O–H groups in total. The molecule has 0 bridgehead atoms. The third kappa shape index (κ3) is 16.2. The monoisotopic (exact) mass is 200 g/mol. The molecule has 0 fully saturated rings. The van der Waals surface area contributed by atoms with Gasteiger partial charge < -0.3 is 10.6 Å². The van der Waals surface area contributed by atoms with E-state index in [1.54, 1.807) is 0 Å². The molecule has 10 heavy (non-hydrogen) atoms. The van der Waals surface area contributed by atoms with Crippen LogP contribution in [-0.4, -0.2) is 88.2 Å². The van der Waals surface area contributed by atoms with E-state index in [0.717, 1.165) is 0 Å². The van der Waals surface area contributed by atoms with Gasteiger partial charge in [-0.2, -0.15) is 8.42 Å². The Bertz CT molecular complexity index is 140. The fourth-order valence-corrected chi connectivity index (χ4v) is 0.428. The Labute approximate surface area is 101 Å². The van der Waals surface area contributed by atoms with E-state index in [1.165, 1.54) is 0 Å². The van der Waals surface area contributed by atoms with Crippen LogP contribution >= 0.6 is 0 Å². The fraction of sp³-hybridized carbons (Fsp3) is 1.00. The summed E-state index contributed by atoms with van der Waals surface area (Å²) in [6.07, 6.45) is 0. The molecule has 0 saturated heterocycles. The minimum atomic E-state index is -4.35. The van der Waals surface area contributed by atoms with Crippen LogP contribution in [0.2, 0.25) is 0 Å². The first-order valence-corrected chi connectivity index (χ1v) is 3.15. The summed E-state index contributed by atoms with van der Waals surface area (Å²) in [6.45, 7) is -0.835. The van der Waals surface area contributed by atoms with Gasteiger partial charge >= 0.3 is 61.8 Å². The molecule has 0 amide bonds. The standard InChI is InChI=1S/C2H6O5S.K.H2O.H/c3-1-2-7-8(4,5)6;;;/h3H,1-2H2,(H,4,5,6);;1H2;. The van der Waals surface area contributed by atoms with Crippen LogP contribution in [0.5, 0.6) is 0 Å². The molecule has 0 aromatic heterocycles. The Morgan fingerprint density at radius 3 is 1.90 bits per heavy atom. The maximum absolute atomic E-state index is 9.61. The van der Waals surface area contributed by atoms with Crippen molar-refractivity contribution in [3.05, 3.63) is 0 Å². The van der Waals surface area contributed by atoms with Crippen LogP contribution in [0.1, 0.15) is 0 Å². The van der Waals surface area contributed by atoms with E-state index >= 15 is 0 Å². The van der Waals surface area contributed by atoms with Crippen molar-refractivity contribution < 1.29 is 27.7 Å². The van der Waals surface area contributed by atoms with Crippen molar-refractivity contribution in [1.29, 1.82) is 0 Å². The van der Waals surface area contributed by atoms with E-state index in [9.17, 15) is 8.42 Å². The Kier molecular flexibility index (Phi) is 14.9. The molecule has 0 rings (SSSR count). The van der Waals surface area contributed by atoms with Crippen LogP contribution in [0, 0.1) is 0 Å². The van der Waals surface area contributed by atoms with Crippen LogP contribution in [0.4, 0.5) is 0 Å². The van der Waals surface area contributed by atoms with E-state index < -0.39 is 23.6 Å². The van der Waals surface area contributed by atoms with E-state index in [0.29, 0.717) is 0 Å². The molecular weight excluding hydrogens is 191 g/mol. The summed E-state index contributed by atoms with van der Waals surface area (Å²) in [5, 5.41) is 7.93. The molecule has 60 valence electrons. The quantitative estimate of drug-likeness (QED) is 0.380. The van der Waals surface area contributed by atoms with E-state index in [1.807, 2.05) is 0 Å². The number of aliphatic hydroxyl groups is 1. The van der Waals surface area contributed by atoms with Crippen molar-refractivity contribution in [1.82, 2.24) is 0 Å². The molecule has 0 aliphatic rings. The van der Waals surface area contributed by atoms with Crippen LogP contribution in [0.15, 0.2) is 0 Å². The molecule has 0 aliphatic carbocycles. The fourth-order valence-electron chi connectivity index (χ4n) is 0.143. The van der Waals surface area contributed by atoms with Crippen molar-refractivity contribution in [2.45, 2.75) is 0 Å². The molecule has 0 atom stereocenters. The second-order valence-corrected chi connectivity index (χ2v) is 2.06. The van der Waals surface area contributed by atoms with Gasteiger partial charge in [-0.15, -0.1) is 0 Å². The summed E-state index contributed by atoms with van der Waals surface area (Å²) in [5.74, 6) is 0. The van der Waals surface area contributed by atoms with Gasteiger partial charge in [-0.05, 0) is 0 Å². The van der Waals surface area contributed by atoms with Gasteiger partial charge in [0.25, 0.3) is 0 Å². The van der Waals surface area contributed by atoms with Gasteiger partial charge in [0.05, 0.1) is 13.2 Å². The zero-order valence-corrected chi connectivity index (χ0v) is 5.26. The Morgan fingerprint density at radius 2 is 1.80 bits per heavy atom. The average molecular weight is 200 g/mol. The summed E-state index contributed by atoms with van der Waals surface area (Å²) in [4.78, 5) is 0. The summed E-state index contributed by atoms with van der Waals surface area (Å²) < 4.78 is 30.7. The average Bonchev–Trinajstić information content (AvgIpc) is 1.59. The normalized spacial score (nSPS) is 9.40. The summed E-state index contributed by atoms with van der Waals surface area (Å²) in [7, 11) is -4.35. The molecule has 0 aromatic rings. The number of aliphatic hydroxyl groups excluding tert-OH is 1. The maximum atomic E-state index is 9.61. The summed E-state index contributed by atoms with van der Waals surface area (Å²) in [6, 6.07) is 0. The first-order chi connectivity index (χ1) is 3.56. The topological polar surface area (TPSA) is 115 Å². The second kappa shape index (κ2) is 8.52. The molecular formula is C2H9KO6S. The molecule has 0 aliphatic heterocycles. The van der Waals surface area contributed by atoms with Crippen LogP contribution in [0.25, 0.3) is 0 Å². The van der Waals surface area contributed by atoms with Gasteiger partial charge in [0, 0.05) is 0 Å². The molecule has 0 radical (unpaired) electrons. The van der Waals surface area contributed by atoms with Crippen molar-refractivity contribution >= 4 is 61.8 Å². The van der Waals surface area contributed by atoms with Crippen LogP contribution < -0.4 is 0 Å². The Hall–Kier alpha value is 1.43. The molecule has 0 aromatic carbocycles. The summed E-state index contributed by atoms with van der Waals surface area (Å²) in [5.41, 5.74) is 0. The third-order valence-electron chi connectivity index (χ3n) is 0.324. The van der Waals surface area contributed by atoms with Gasteiger partial charge in [-0.25, -0.2) is 4.18 Å². The predicted molar refractivity (Wildman–Crippen MR) is 35.3 cm³/mol. The Balaban J connectivity index is -0.000000245. The number of hydrogen-bond donors (Lipinski definition) is 2. The second-order valence-electron chi connectivity index (χ2n) is 0.973. The molecule has 0 saturated carbocycles. The summed E-state index contributed by atoms with van der Waals surface area (Å²) >= 11 is 0. The number of rotatable bonds is 3. The minimum absolute atomic E-state index is 0. The SMILES string of the molecule is O.O=S(=O)(O)OCCO.[KH]. The van der Waals surface area contributed by atoms with Crippen LogP contribution in [-0.2, 0) is 14.6 Å². The molecule has 0 unspecified atom stereocenters. The zero-order chi connectivity index (χ0) is 6.62. The van der Waals surface area contributed by atoms with Gasteiger partial charge in [0.2, 0.25) is 0 Å².